The van der Waals surface area contributed by atoms with Crippen molar-refractivity contribution in [2.45, 2.75) is 93.3 Å². The number of azide groups is 1. The maximum absolute atomic E-state index is 12.4. The zero-order valence-corrected chi connectivity index (χ0v) is 46.3. The first kappa shape index (κ1) is 57.9. The standard InChI is InChI=1S/C48H56N6O10S3.2Na/c1-47(2)42(53(29-12-8-11-18-44(55)50-27-15-28-51-52-49)40-25-19-34-32-36(66(59,60)61)21-23-38(34)45(40)47)16-9-6-5-7-10-17-43-48(3,4)46-39-24-22-37(67(62,63)64)33-35(39)20-26-41(46)54(43)30-13-14-31-65(56,57)58;;/h5-7,9-10,16-17,19-26,32-33H,8,11-15,18,27-31H2,1-4H3,(H3-,50,55,56,57,58,59,60,61,62,63,64);;/q;2*+1/p-2. The van der Waals surface area contributed by atoms with Gasteiger partial charge in [-0.2, -0.15) is 4.58 Å². The van der Waals surface area contributed by atoms with Gasteiger partial charge in [0.15, 0.2) is 5.71 Å². The number of nitrogens with one attached hydrogen (secondary N) is 1. The summed E-state index contributed by atoms with van der Waals surface area (Å²) < 4.78 is 107. The Bertz CT molecular complexity index is 3140. The van der Waals surface area contributed by atoms with E-state index >= 15 is 0 Å². The number of hydrogen-bond donors (Lipinski definition) is 1. The van der Waals surface area contributed by atoms with E-state index in [2.05, 4.69) is 38.7 Å². The Hall–Kier alpha value is -3.66. The van der Waals surface area contributed by atoms with Crippen LogP contribution in [-0.4, -0.2) is 87.0 Å². The molecule has 0 fully saturated rings. The normalized spacial score (nSPS) is 16.0. The molecule has 4 aromatic carbocycles. The van der Waals surface area contributed by atoms with Gasteiger partial charge in [-0.25, -0.2) is 25.3 Å². The van der Waals surface area contributed by atoms with E-state index in [1.54, 1.807) is 18.2 Å². The fourth-order valence-corrected chi connectivity index (χ4v) is 10.8. The molecule has 2 heterocycles. The number of rotatable bonds is 21. The van der Waals surface area contributed by atoms with Gasteiger partial charge in [-0.15, -0.1) is 0 Å². The zero-order valence-electron chi connectivity index (χ0n) is 39.8. The molecule has 0 unspecified atom stereocenters. The number of hydrogen-bond acceptors (Lipinski definition) is 12. The van der Waals surface area contributed by atoms with Gasteiger partial charge < -0.3 is 23.9 Å². The van der Waals surface area contributed by atoms with Crippen LogP contribution in [0.5, 0.6) is 0 Å². The van der Waals surface area contributed by atoms with Crippen LogP contribution in [0.3, 0.4) is 0 Å². The van der Waals surface area contributed by atoms with Gasteiger partial charge in [0.1, 0.15) is 26.8 Å². The second-order valence-electron chi connectivity index (χ2n) is 17.7. The molecule has 0 saturated carbocycles. The molecule has 1 amide bonds. The number of carbonyl (C=O) groups excluding carboxylic acids is 1. The Morgan fingerprint density at radius 1 is 0.739 bits per heavy atom. The molecule has 0 radical (unpaired) electrons. The molecule has 0 aliphatic carbocycles. The molecule has 21 heteroatoms. The van der Waals surface area contributed by atoms with Crippen LogP contribution in [-0.2, 0) is 46.0 Å². The van der Waals surface area contributed by atoms with Gasteiger partial charge in [-0.05, 0) is 121 Å². The Morgan fingerprint density at radius 2 is 1.35 bits per heavy atom. The zero-order chi connectivity index (χ0) is 48.8. The minimum Gasteiger partial charge on any atom is -0.748 e. The second kappa shape index (κ2) is 24.2. The predicted octanol–water partition coefficient (Wildman–Crippen LogP) is 2.24. The Labute approximate surface area is 449 Å². The monoisotopic (exact) mass is 1020 g/mol. The van der Waals surface area contributed by atoms with Crippen molar-refractivity contribution in [1.82, 2.24) is 5.32 Å². The van der Waals surface area contributed by atoms with E-state index in [1.165, 1.54) is 24.3 Å². The number of carbonyl (C=O) groups is 1. The van der Waals surface area contributed by atoms with E-state index in [0.717, 1.165) is 57.5 Å². The molecule has 4 aromatic rings. The largest absolute Gasteiger partial charge is 1.00 e. The first-order valence-electron chi connectivity index (χ1n) is 22.0. The smallest absolute Gasteiger partial charge is 0.748 e. The van der Waals surface area contributed by atoms with Crippen LogP contribution in [0.15, 0.2) is 124 Å². The topological polar surface area (TPSA) is 256 Å². The van der Waals surface area contributed by atoms with Crippen molar-refractivity contribution < 1.29 is 107 Å². The molecule has 2 aliphatic heterocycles. The van der Waals surface area contributed by atoms with Gasteiger partial charge in [-0.1, -0.05) is 67.5 Å². The average molecular weight is 1020 g/mol. The first-order valence-corrected chi connectivity index (χ1v) is 26.4. The molecular weight excluding hydrogens is 963 g/mol. The van der Waals surface area contributed by atoms with E-state index in [0.29, 0.717) is 62.6 Å². The van der Waals surface area contributed by atoms with Crippen LogP contribution in [0.25, 0.3) is 32.0 Å². The van der Waals surface area contributed by atoms with Crippen molar-refractivity contribution in [3.8, 4) is 0 Å². The summed E-state index contributed by atoms with van der Waals surface area (Å²) in [7, 11) is -13.7. The molecule has 356 valence electrons. The molecule has 69 heavy (non-hydrogen) atoms. The van der Waals surface area contributed by atoms with Crippen LogP contribution in [0, 0.1) is 0 Å². The Morgan fingerprint density at radius 3 is 1.97 bits per heavy atom. The van der Waals surface area contributed by atoms with Gasteiger partial charge in [0, 0.05) is 77.6 Å². The van der Waals surface area contributed by atoms with Crippen molar-refractivity contribution in [3.05, 3.63) is 130 Å². The Balaban J connectivity index is 0.00000518. The minimum absolute atomic E-state index is 0. The summed E-state index contributed by atoms with van der Waals surface area (Å²) in [5, 5.41) is 9.17. The third-order valence-electron chi connectivity index (χ3n) is 12.3. The van der Waals surface area contributed by atoms with Crippen LogP contribution < -0.4 is 69.3 Å². The number of nitrogens with zero attached hydrogens (tertiary/aromatic N) is 5. The molecule has 1 N–H and O–H groups in total. The molecule has 0 saturated heterocycles. The molecule has 0 spiro atoms. The van der Waals surface area contributed by atoms with Gasteiger partial charge in [-0.3, -0.25) is 4.79 Å². The number of anilines is 1. The molecular formula is C48H54N6Na2O10S3. The van der Waals surface area contributed by atoms with E-state index < -0.39 is 46.9 Å². The quantitative estimate of drug-likeness (QED) is 0.0185. The van der Waals surface area contributed by atoms with Crippen LogP contribution in [0.4, 0.5) is 11.4 Å². The van der Waals surface area contributed by atoms with Crippen LogP contribution >= 0.6 is 0 Å². The SMILES string of the molecule is CC1(C)C(/C=C/C=C/C=C/C=C2/N(CCCCS(=O)(=O)[O-])c3ccc4cc(S(=O)(=O)[O-])ccc4c3C2(C)C)=[N+](CCCCCC(=O)NCCCN=[N+]=[N-])c2ccc3cc(S(=O)(=O)[O-])ccc3c21.[Na+].[Na+]. The third-order valence-corrected chi connectivity index (χ3v) is 14.7. The second-order valence-corrected chi connectivity index (χ2v) is 21.9. The Kier molecular flexibility index (Phi) is 20.3. The summed E-state index contributed by atoms with van der Waals surface area (Å²) in [6.45, 7) is 10.1. The fraction of sp³-hybridized carbons (Fsp3) is 0.375. The minimum atomic E-state index is -4.68. The molecule has 16 nitrogen and oxygen atoms in total. The van der Waals surface area contributed by atoms with E-state index in [1.807, 2.05) is 74.6 Å². The van der Waals surface area contributed by atoms with Crippen molar-refractivity contribution in [2.24, 2.45) is 5.11 Å². The molecule has 0 aromatic heterocycles. The number of allylic oxidation sites excluding steroid dienone is 8. The maximum Gasteiger partial charge on any atom is 1.00 e. The van der Waals surface area contributed by atoms with Gasteiger partial charge in [0.05, 0.1) is 25.3 Å². The van der Waals surface area contributed by atoms with E-state index in [9.17, 15) is 43.7 Å². The summed E-state index contributed by atoms with van der Waals surface area (Å²) >= 11 is 0. The van der Waals surface area contributed by atoms with Crippen LogP contribution in [0.1, 0.15) is 83.8 Å². The van der Waals surface area contributed by atoms with Gasteiger partial charge in [0.25, 0.3) is 0 Å². The van der Waals surface area contributed by atoms with Crippen molar-refractivity contribution in [3.63, 3.8) is 0 Å². The van der Waals surface area contributed by atoms with E-state index in [4.69, 9.17) is 5.53 Å². The number of amides is 1. The molecule has 2 aliphatic rings. The summed E-state index contributed by atoms with van der Waals surface area (Å²) in [5.74, 6) is -0.534. The summed E-state index contributed by atoms with van der Waals surface area (Å²) in [6, 6.07) is 16.2. The first-order chi connectivity index (χ1) is 31.6. The van der Waals surface area contributed by atoms with Gasteiger partial charge >= 0.3 is 59.1 Å². The fourth-order valence-electron chi connectivity index (χ4n) is 9.21. The molecule has 0 bridgehead atoms. The maximum atomic E-state index is 12.4. The van der Waals surface area contributed by atoms with Gasteiger partial charge in [0.2, 0.25) is 11.6 Å². The third kappa shape index (κ3) is 14.1. The molecule has 6 rings (SSSR count). The summed E-state index contributed by atoms with van der Waals surface area (Å²) in [4.78, 5) is 16.5. The number of unbranched alkanes of at least 4 members (excludes halogenated alkanes) is 3. The van der Waals surface area contributed by atoms with Crippen LogP contribution in [0.2, 0.25) is 0 Å². The van der Waals surface area contributed by atoms with Crippen molar-refractivity contribution in [1.29, 1.82) is 0 Å². The molecule has 0 atom stereocenters. The van der Waals surface area contributed by atoms with E-state index in [-0.39, 0.29) is 81.2 Å². The summed E-state index contributed by atoms with van der Waals surface area (Å²) in [6.07, 6.45) is 17.3. The predicted molar refractivity (Wildman–Crippen MR) is 256 cm³/mol. The summed E-state index contributed by atoms with van der Waals surface area (Å²) in [5.41, 5.74) is 12.9. The van der Waals surface area contributed by atoms with Crippen molar-refractivity contribution >= 4 is 74.9 Å². The number of benzene rings is 4. The van der Waals surface area contributed by atoms with Crippen molar-refractivity contribution in [2.75, 3.05) is 36.8 Å². The average Bonchev–Trinajstić information content (AvgIpc) is 3.61. The number of fused-ring (bicyclic) bond motifs is 6.